The van der Waals surface area contributed by atoms with Crippen LogP contribution in [0.2, 0.25) is 0 Å². The van der Waals surface area contributed by atoms with E-state index in [4.69, 9.17) is 9.97 Å². The predicted octanol–water partition coefficient (Wildman–Crippen LogP) is 14.4. The van der Waals surface area contributed by atoms with Crippen LogP contribution >= 0.6 is 11.3 Å². The van der Waals surface area contributed by atoms with Crippen molar-refractivity contribution < 1.29 is 0 Å². The molecule has 3 nitrogen and oxygen atoms in total. The van der Waals surface area contributed by atoms with Gasteiger partial charge in [-0.3, -0.25) is 0 Å². The van der Waals surface area contributed by atoms with Crippen molar-refractivity contribution in [1.29, 1.82) is 0 Å². The maximum atomic E-state index is 5.35. The van der Waals surface area contributed by atoms with Crippen LogP contribution in [-0.2, 0) is 0 Å². The first kappa shape index (κ1) is 31.2. The van der Waals surface area contributed by atoms with Gasteiger partial charge in [0.05, 0.1) is 33.3 Å². The second kappa shape index (κ2) is 12.2. The molecule has 0 saturated carbocycles. The largest absolute Gasteiger partial charge is 0.304 e. The first-order valence-corrected chi connectivity index (χ1v) is 19.8. The van der Waals surface area contributed by atoms with Gasteiger partial charge in [-0.05, 0) is 56.3 Å². The Morgan fingerprint density at radius 3 is 1.84 bits per heavy atom. The smallest absolute Gasteiger partial charge is 0.159 e. The van der Waals surface area contributed by atoms with Crippen molar-refractivity contribution >= 4 is 85.6 Å². The van der Waals surface area contributed by atoms with Gasteiger partial charge in [0.25, 0.3) is 0 Å². The summed E-state index contributed by atoms with van der Waals surface area (Å²) >= 11 is 1.91. The van der Waals surface area contributed by atoms with Crippen LogP contribution in [0.5, 0.6) is 0 Å². The third kappa shape index (κ3) is 4.57. The fourth-order valence-electron chi connectivity index (χ4n) is 8.91. The Morgan fingerprint density at radius 1 is 0.429 bits per heavy atom. The van der Waals surface area contributed by atoms with E-state index in [1.165, 1.54) is 79.9 Å². The molecular weight excluding hydrogens is 699 g/mol. The summed E-state index contributed by atoms with van der Waals surface area (Å²) in [6.45, 7) is 0. The van der Waals surface area contributed by atoms with Gasteiger partial charge in [-0.25, -0.2) is 9.97 Å². The van der Waals surface area contributed by atoms with Crippen molar-refractivity contribution in [3.63, 3.8) is 0 Å². The van der Waals surface area contributed by atoms with Crippen LogP contribution in [-0.4, -0.2) is 14.5 Å². The van der Waals surface area contributed by atoms with Gasteiger partial charge in [0, 0.05) is 42.8 Å². The minimum atomic E-state index is 0.706. The van der Waals surface area contributed by atoms with E-state index in [0.29, 0.717) is 5.82 Å². The first-order valence-electron chi connectivity index (χ1n) is 19.0. The SMILES string of the molecule is c1ccc(-c2ncc(-n3c4ccccc4c4cc(-c5ccc6ccccc6c5)c5c(sc6c7ccccc7c7ccccc7c65)c43)c(-c3ccccc3)n2)cc1. The zero-order valence-corrected chi connectivity index (χ0v) is 31.0. The van der Waals surface area contributed by atoms with Gasteiger partial charge in [0.2, 0.25) is 0 Å². The van der Waals surface area contributed by atoms with Crippen LogP contribution in [0.15, 0.2) is 188 Å². The fraction of sp³-hybridized carbons (Fsp3) is 0. The Labute approximate surface area is 326 Å². The maximum absolute atomic E-state index is 5.35. The molecule has 0 amide bonds. The summed E-state index contributed by atoms with van der Waals surface area (Å²) in [5.74, 6) is 0.706. The number of aromatic nitrogens is 3. The van der Waals surface area contributed by atoms with E-state index in [9.17, 15) is 0 Å². The summed E-state index contributed by atoms with van der Waals surface area (Å²) in [6.07, 6.45) is 2.03. The molecule has 3 heterocycles. The maximum Gasteiger partial charge on any atom is 0.159 e. The Bertz CT molecular complexity index is 3530. The molecule has 0 aliphatic heterocycles. The van der Waals surface area contributed by atoms with Crippen molar-refractivity contribution in [3.05, 3.63) is 188 Å². The van der Waals surface area contributed by atoms with Crippen molar-refractivity contribution in [2.75, 3.05) is 0 Å². The summed E-state index contributed by atoms with van der Waals surface area (Å²) in [5.41, 5.74) is 8.64. The second-order valence-electron chi connectivity index (χ2n) is 14.5. The number of nitrogens with zero attached hydrogens (tertiary/aromatic N) is 3. The highest BCUT2D eigenvalue weighted by Gasteiger charge is 2.25. The number of fused-ring (bicyclic) bond motifs is 13. The van der Waals surface area contributed by atoms with Gasteiger partial charge in [0.15, 0.2) is 5.82 Å². The molecular formula is C52H31N3S. The molecule has 0 atom stereocenters. The lowest BCUT2D eigenvalue weighted by Crippen LogP contribution is -2.02. The van der Waals surface area contributed by atoms with Crippen LogP contribution in [0.4, 0.5) is 0 Å². The Balaban J connectivity index is 1.30. The molecule has 12 aromatic rings. The number of para-hydroxylation sites is 1. The van der Waals surface area contributed by atoms with Crippen LogP contribution in [0.1, 0.15) is 0 Å². The normalized spacial score (nSPS) is 11.9. The highest BCUT2D eigenvalue weighted by molar-refractivity contribution is 7.28. The van der Waals surface area contributed by atoms with E-state index in [1.807, 2.05) is 35.7 Å². The number of thiophene rings is 1. The van der Waals surface area contributed by atoms with Crippen molar-refractivity contribution in [2.24, 2.45) is 0 Å². The van der Waals surface area contributed by atoms with Gasteiger partial charge in [-0.2, -0.15) is 0 Å². The number of rotatable bonds is 4. The molecule has 0 aliphatic rings. The van der Waals surface area contributed by atoms with Gasteiger partial charge < -0.3 is 4.57 Å². The molecule has 0 fully saturated rings. The Kier molecular flexibility index (Phi) is 6.80. The lowest BCUT2D eigenvalue weighted by molar-refractivity contribution is 1.09. The Morgan fingerprint density at radius 2 is 1.05 bits per heavy atom. The molecule has 0 bridgehead atoms. The minimum absolute atomic E-state index is 0.706. The number of hydrogen-bond acceptors (Lipinski definition) is 3. The molecule has 9 aromatic carbocycles. The molecule has 0 saturated heterocycles. The average Bonchev–Trinajstić information content (AvgIpc) is 3.84. The standard InChI is InChI=1S/C52H31N3S/c1-3-16-33(17-4-1)48-45(31-53-52(54-48)34-18-5-2-6-19-34)55-44-26-14-13-23-39(44)43-30-42(36-28-27-32-15-7-8-20-35(32)29-36)47-46-40-24-11-9-21-37(40)38-22-10-12-25-41(38)50(46)56-51(47)49(43)55/h1-31H. The number of hydrogen-bond donors (Lipinski definition) is 0. The Hall–Kier alpha value is -7.14. The topological polar surface area (TPSA) is 30.7 Å². The summed E-state index contributed by atoms with van der Waals surface area (Å²) in [7, 11) is 0. The summed E-state index contributed by atoms with van der Waals surface area (Å²) in [5, 5.41) is 12.6. The van der Waals surface area contributed by atoms with Crippen LogP contribution in [0.25, 0.3) is 114 Å². The molecule has 12 rings (SSSR count). The van der Waals surface area contributed by atoms with E-state index in [-0.39, 0.29) is 0 Å². The summed E-state index contributed by atoms with van der Waals surface area (Å²) in [6, 6.07) is 65.5. The first-order chi connectivity index (χ1) is 27.8. The fourth-order valence-corrected chi connectivity index (χ4v) is 10.3. The monoisotopic (exact) mass is 729 g/mol. The molecule has 0 N–H and O–H groups in total. The minimum Gasteiger partial charge on any atom is -0.304 e. The van der Waals surface area contributed by atoms with Gasteiger partial charge in [-0.1, -0.05) is 164 Å². The molecule has 0 unspecified atom stereocenters. The molecule has 0 radical (unpaired) electrons. The van der Waals surface area contributed by atoms with Crippen LogP contribution < -0.4 is 0 Å². The third-order valence-electron chi connectivity index (χ3n) is 11.4. The molecule has 0 spiro atoms. The van der Waals surface area contributed by atoms with Crippen LogP contribution in [0.3, 0.4) is 0 Å². The number of benzene rings is 9. The zero-order valence-electron chi connectivity index (χ0n) is 30.1. The second-order valence-corrected chi connectivity index (χ2v) is 15.5. The van der Waals surface area contributed by atoms with E-state index in [1.54, 1.807) is 0 Å². The summed E-state index contributed by atoms with van der Waals surface area (Å²) in [4.78, 5) is 10.4. The van der Waals surface area contributed by atoms with E-state index in [2.05, 4.69) is 168 Å². The van der Waals surface area contributed by atoms with Crippen molar-refractivity contribution in [2.45, 2.75) is 0 Å². The quantitative estimate of drug-likeness (QED) is 0.169. The van der Waals surface area contributed by atoms with E-state index in [0.717, 1.165) is 28.0 Å². The highest BCUT2D eigenvalue weighted by atomic mass is 32.1. The van der Waals surface area contributed by atoms with E-state index < -0.39 is 0 Å². The zero-order chi connectivity index (χ0) is 36.7. The van der Waals surface area contributed by atoms with Crippen molar-refractivity contribution in [1.82, 2.24) is 14.5 Å². The molecule has 3 aromatic heterocycles. The lowest BCUT2D eigenvalue weighted by atomic mass is 9.92. The highest BCUT2D eigenvalue weighted by Crippen LogP contribution is 2.52. The molecule has 260 valence electrons. The lowest BCUT2D eigenvalue weighted by Gasteiger charge is -2.15. The van der Waals surface area contributed by atoms with Gasteiger partial charge in [-0.15, -0.1) is 11.3 Å². The average molecular weight is 730 g/mol. The molecule has 0 aliphatic carbocycles. The van der Waals surface area contributed by atoms with Crippen molar-refractivity contribution in [3.8, 4) is 39.5 Å². The predicted molar refractivity (Wildman–Crippen MR) is 238 cm³/mol. The van der Waals surface area contributed by atoms with E-state index >= 15 is 0 Å². The summed E-state index contributed by atoms with van der Waals surface area (Å²) < 4.78 is 5.00. The van der Waals surface area contributed by atoms with Gasteiger partial charge in [0.1, 0.15) is 0 Å². The third-order valence-corrected chi connectivity index (χ3v) is 12.6. The van der Waals surface area contributed by atoms with Gasteiger partial charge >= 0.3 is 0 Å². The van der Waals surface area contributed by atoms with Crippen LogP contribution in [0, 0.1) is 0 Å². The molecule has 56 heavy (non-hydrogen) atoms. The molecule has 4 heteroatoms.